The van der Waals surface area contributed by atoms with Crippen molar-refractivity contribution in [2.24, 2.45) is 5.73 Å². The number of methoxy groups -OCH3 is 1. The fraction of sp³-hybridized carbons (Fsp3) is 0.238. The van der Waals surface area contributed by atoms with Crippen LogP contribution in [0.4, 0.5) is 23.1 Å². The maximum absolute atomic E-state index is 6.35. The second-order valence-electron chi connectivity index (χ2n) is 6.63. The van der Waals surface area contributed by atoms with Gasteiger partial charge in [0.2, 0.25) is 5.95 Å². The fourth-order valence-electron chi connectivity index (χ4n) is 2.89. The monoisotopic (exact) mass is 429 g/mol. The van der Waals surface area contributed by atoms with Crippen LogP contribution < -0.4 is 26.4 Å². The molecule has 0 aliphatic heterocycles. The number of nitrogens with zero attached hydrogens (tertiary/aromatic N) is 2. The van der Waals surface area contributed by atoms with Crippen molar-refractivity contribution in [3.05, 3.63) is 59.2 Å². The van der Waals surface area contributed by atoms with E-state index in [-0.39, 0.29) is 7.92 Å². The summed E-state index contributed by atoms with van der Waals surface area (Å²) in [5.41, 5.74) is 8.52. The molecule has 0 fully saturated rings. The van der Waals surface area contributed by atoms with E-state index in [1.54, 1.807) is 13.3 Å². The van der Waals surface area contributed by atoms with Crippen molar-refractivity contribution in [1.82, 2.24) is 9.97 Å². The maximum atomic E-state index is 6.35. The molecule has 1 heterocycles. The molecule has 0 aliphatic rings. The SMILES string of the molecule is COc1cc(CCN)ccc1Nc1ncc(Cl)c(Nc2ccccc2P(C)C)n1. The number of para-hydroxylation sites is 1. The van der Waals surface area contributed by atoms with Gasteiger partial charge in [-0.2, -0.15) is 4.98 Å². The summed E-state index contributed by atoms with van der Waals surface area (Å²) in [6.07, 6.45) is 2.37. The van der Waals surface area contributed by atoms with Crippen LogP contribution in [0.2, 0.25) is 5.02 Å². The molecule has 0 unspecified atom stereocenters. The van der Waals surface area contributed by atoms with E-state index in [2.05, 4.69) is 40.0 Å². The predicted molar refractivity (Wildman–Crippen MR) is 124 cm³/mol. The first-order valence-electron chi connectivity index (χ1n) is 9.21. The Morgan fingerprint density at radius 3 is 2.62 bits per heavy atom. The van der Waals surface area contributed by atoms with Crippen molar-refractivity contribution in [2.75, 3.05) is 37.6 Å². The van der Waals surface area contributed by atoms with Crippen molar-refractivity contribution in [3.63, 3.8) is 0 Å². The Morgan fingerprint density at radius 2 is 1.90 bits per heavy atom. The Bertz CT molecular complexity index is 983. The zero-order chi connectivity index (χ0) is 20.8. The van der Waals surface area contributed by atoms with Crippen LogP contribution in [0.25, 0.3) is 0 Å². The Hall–Kier alpha value is -2.40. The highest BCUT2D eigenvalue weighted by atomic mass is 35.5. The van der Waals surface area contributed by atoms with Crippen LogP contribution in [0, 0.1) is 0 Å². The molecular formula is C21H25ClN5OP. The van der Waals surface area contributed by atoms with Crippen LogP contribution in [0.3, 0.4) is 0 Å². The van der Waals surface area contributed by atoms with E-state index in [9.17, 15) is 0 Å². The van der Waals surface area contributed by atoms with Crippen LogP contribution in [0.5, 0.6) is 5.75 Å². The first-order chi connectivity index (χ1) is 14.0. The Morgan fingerprint density at radius 1 is 1.10 bits per heavy atom. The zero-order valence-electron chi connectivity index (χ0n) is 16.7. The van der Waals surface area contributed by atoms with Crippen LogP contribution in [0.1, 0.15) is 5.56 Å². The van der Waals surface area contributed by atoms with Crippen LogP contribution in [-0.4, -0.2) is 37.0 Å². The normalized spacial score (nSPS) is 10.8. The first kappa shape index (κ1) is 21.3. The lowest BCUT2D eigenvalue weighted by Gasteiger charge is -2.16. The number of rotatable bonds is 8. The quantitative estimate of drug-likeness (QED) is 0.457. The van der Waals surface area contributed by atoms with Gasteiger partial charge >= 0.3 is 0 Å². The van der Waals surface area contributed by atoms with E-state index in [0.29, 0.717) is 29.1 Å². The highest BCUT2D eigenvalue weighted by molar-refractivity contribution is 7.64. The zero-order valence-corrected chi connectivity index (χ0v) is 18.4. The van der Waals surface area contributed by atoms with Gasteiger partial charge in [-0.15, -0.1) is 0 Å². The summed E-state index contributed by atoms with van der Waals surface area (Å²) in [7, 11) is 1.36. The molecule has 2 aromatic carbocycles. The number of nitrogens with one attached hydrogen (secondary N) is 2. The summed E-state index contributed by atoms with van der Waals surface area (Å²) in [6, 6.07) is 14.1. The largest absolute Gasteiger partial charge is 0.495 e. The minimum Gasteiger partial charge on any atom is -0.495 e. The predicted octanol–water partition coefficient (Wildman–Crippen LogP) is 4.49. The van der Waals surface area contributed by atoms with E-state index in [1.165, 1.54) is 5.30 Å². The van der Waals surface area contributed by atoms with E-state index < -0.39 is 0 Å². The molecular weight excluding hydrogens is 405 g/mol. The first-order valence-corrected chi connectivity index (χ1v) is 11.8. The van der Waals surface area contributed by atoms with Gasteiger partial charge in [-0.05, 0) is 55.4 Å². The lowest BCUT2D eigenvalue weighted by atomic mass is 10.1. The topological polar surface area (TPSA) is 85.1 Å². The van der Waals surface area contributed by atoms with Crippen LogP contribution in [0.15, 0.2) is 48.7 Å². The van der Waals surface area contributed by atoms with Gasteiger partial charge in [-0.1, -0.05) is 43.8 Å². The molecule has 152 valence electrons. The molecule has 3 aromatic rings. The van der Waals surface area contributed by atoms with Gasteiger partial charge in [0.15, 0.2) is 5.82 Å². The highest BCUT2D eigenvalue weighted by Gasteiger charge is 2.12. The second-order valence-corrected chi connectivity index (χ2v) is 9.30. The van der Waals surface area contributed by atoms with Gasteiger partial charge in [0, 0.05) is 5.69 Å². The number of hydrogen-bond donors (Lipinski definition) is 3. The lowest BCUT2D eigenvalue weighted by molar-refractivity contribution is 0.416. The Labute approximate surface area is 177 Å². The molecule has 0 bridgehead atoms. The summed E-state index contributed by atoms with van der Waals surface area (Å²) in [4.78, 5) is 8.87. The molecule has 8 heteroatoms. The minimum atomic E-state index is -0.273. The number of aromatic nitrogens is 2. The molecule has 6 nitrogen and oxygen atoms in total. The number of benzene rings is 2. The smallest absolute Gasteiger partial charge is 0.229 e. The number of hydrogen-bond acceptors (Lipinski definition) is 6. The Kier molecular flexibility index (Phi) is 7.26. The molecule has 3 rings (SSSR count). The standard InChI is InChI=1S/C21H25ClN5OP/c1-28-18-12-14(10-11-23)8-9-16(18)26-21-24-13-15(22)20(27-21)25-17-6-4-5-7-19(17)29(2)3/h4-9,12-13H,10-11,23H2,1-3H3,(H2,24,25,26,27). The highest BCUT2D eigenvalue weighted by Crippen LogP contribution is 2.32. The van der Waals surface area contributed by atoms with E-state index in [0.717, 1.165) is 23.4 Å². The van der Waals surface area contributed by atoms with Gasteiger partial charge in [-0.3, -0.25) is 0 Å². The van der Waals surface area contributed by atoms with Gasteiger partial charge in [0.25, 0.3) is 0 Å². The third-order valence-corrected chi connectivity index (χ3v) is 5.96. The molecule has 0 radical (unpaired) electrons. The van der Waals surface area contributed by atoms with E-state index in [4.69, 9.17) is 22.1 Å². The maximum Gasteiger partial charge on any atom is 0.229 e. The van der Waals surface area contributed by atoms with Gasteiger partial charge in [0.05, 0.1) is 19.0 Å². The molecule has 29 heavy (non-hydrogen) atoms. The summed E-state index contributed by atoms with van der Waals surface area (Å²) in [5.74, 6) is 1.68. The Balaban J connectivity index is 1.87. The number of ether oxygens (including phenoxy) is 1. The molecule has 1 aromatic heterocycles. The summed E-state index contributed by atoms with van der Waals surface area (Å²) in [6.45, 7) is 5.01. The van der Waals surface area contributed by atoms with Crippen molar-refractivity contribution >= 4 is 48.0 Å². The second kappa shape index (κ2) is 9.88. The van der Waals surface area contributed by atoms with Crippen molar-refractivity contribution in [3.8, 4) is 5.75 Å². The van der Waals surface area contributed by atoms with Crippen molar-refractivity contribution in [1.29, 1.82) is 0 Å². The number of anilines is 4. The van der Waals surface area contributed by atoms with Crippen LogP contribution >= 0.6 is 19.5 Å². The molecule has 0 saturated heterocycles. The minimum absolute atomic E-state index is 0.273. The van der Waals surface area contributed by atoms with Gasteiger partial charge in [0.1, 0.15) is 10.8 Å². The van der Waals surface area contributed by atoms with Gasteiger partial charge in [-0.25, -0.2) is 4.98 Å². The molecule has 0 aliphatic carbocycles. The third kappa shape index (κ3) is 5.36. The van der Waals surface area contributed by atoms with E-state index >= 15 is 0 Å². The average Bonchev–Trinajstić information content (AvgIpc) is 2.72. The van der Waals surface area contributed by atoms with E-state index in [1.807, 2.05) is 36.4 Å². The summed E-state index contributed by atoms with van der Waals surface area (Å²) >= 11 is 6.35. The molecule has 4 N–H and O–H groups in total. The molecule has 0 amide bonds. The van der Waals surface area contributed by atoms with Crippen molar-refractivity contribution < 1.29 is 4.74 Å². The van der Waals surface area contributed by atoms with Crippen LogP contribution in [-0.2, 0) is 6.42 Å². The molecule has 0 spiro atoms. The van der Waals surface area contributed by atoms with Gasteiger partial charge < -0.3 is 21.1 Å². The summed E-state index contributed by atoms with van der Waals surface area (Å²) in [5, 5.41) is 8.27. The lowest BCUT2D eigenvalue weighted by Crippen LogP contribution is -2.09. The number of halogens is 1. The summed E-state index contributed by atoms with van der Waals surface area (Å²) < 4.78 is 5.50. The number of nitrogens with two attached hydrogens (primary N) is 1. The average molecular weight is 430 g/mol. The third-order valence-electron chi connectivity index (χ3n) is 4.33. The van der Waals surface area contributed by atoms with Crippen molar-refractivity contribution in [2.45, 2.75) is 6.42 Å². The molecule has 0 atom stereocenters. The fourth-order valence-corrected chi connectivity index (χ4v) is 4.03. The molecule has 0 saturated carbocycles.